The molecular formula is C23H24N4O3. The third-order valence-electron chi connectivity index (χ3n) is 5.63. The Kier molecular flexibility index (Phi) is 5.03. The first kappa shape index (κ1) is 19.7. The summed E-state index contributed by atoms with van der Waals surface area (Å²) in [5.41, 5.74) is 2.22. The smallest absolute Gasteiger partial charge is 0.295 e. The summed E-state index contributed by atoms with van der Waals surface area (Å²) in [5.74, 6) is 0.0248. The largest absolute Gasteiger partial charge is 0.326 e. The van der Waals surface area contributed by atoms with Crippen LogP contribution in [-0.4, -0.2) is 21.2 Å². The molecule has 0 radical (unpaired) electrons. The fourth-order valence-electron chi connectivity index (χ4n) is 3.56. The molecular weight excluding hydrogens is 380 g/mol. The lowest BCUT2D eigenvalue weighted by Gasteiger charge is -2.08. The van der Waals surface area contributed by atoms with Crippen LogP contribution in [-0.2, 0) is 11.8 Å². The Morgan fingerprint density at radius 1 is 1.03 bits per heavy atom. The van der Waals surface area contributed by atoms with Gasteiger partial charge in [-0.05, 0) is 49.6 Å². The van der Waals surface area contributed by atoms with Gasteiger partial charge in [0.25, 0.3) is 11.5 Å². The van der Waals surface area contributed by atoms with Crippen LogP contribution in [0.3, 0.4) is 0 Å². The predicted molar refractivity (Wildman–Crippen MR) is 116 cm³/mol. The lowest BCUT2D eigenvalue weighted by Crippen LogP contribution is -2.23. The monoisotopic (exact) mass is 404 g/mol. The number of anilines is 2. The molecule has 154 valence electrons. The number of carbonyl (C=O) groups excluding carboxylic acids is 2. The third-order valence-corrected chi connectivity index (χ3v) is 5.63. The van der Waals surface area contributed by atoms with E-state index >= 15 is 0 Å². The van der Waals surface area contributed by atoms with Crippen molar-refractivity contribution in [1.29, 1.82) is 0 Å². The second-order valence-electron chi connectivity index (χ2n) is 7.78. The summed E-state index contributed by atoms with van der Waals surface area (Å²) in [6.07, 6.45) is 0.896. The van der Waals surface area contributed by atoms with Gasteiger partial charge in [0.2, 0.25) is 5.91 Å². The van der Waals surface area contributed by atoms with Crippen LogP contribution in [0.15, 0.2) is 59.4 Å². The van der Waals surface area contributed by atoms with E-state index in [1.807, 2.05) is 37.3 Å². The first-order chi connectivity index (χ1) is 14.4. The van der Waals surface area contributed by atoms with E-state index in [1.54, 1.807) is 42.9 Å². The van der Waals surface area contributed by atoms with E-state index in [2.05, 4.69) is 10.6 Å². The van der Waals surface area contributed by atoms with E-state index in [1.165, 1.54) is 4.68 Å². The highest BCUT2D eigenvalue weighted by Gasteiger charge is 2.39. The number of hydrogen-bond acceptors (Lipinski definition) is 3. The molecule has 2 aromatic carbocycles. The SMILES string of the molecule is Cc1c(NC(=O)c2cccc(NC(=O)C3CC3C)c2)c(=O)n(-c2ccccc2)n1C. The molecule has 0 spiro atoms. The van der Waals surface area contributed by atoms with Crippen LogP contribution < -0.4 is 16.2 Å². The number of nitrogens with one attached hydrogen (secondary N) is 2. The number of para-hydroxylation sites is 1. The van der Waals surface area contributed by atoms with Gasteiger partial charge >= 0.3 is 0 Å². The average Bonchev–Trinajstić information content (AvgIpc) is 3.44. The fraction of sp³-hybridized carbons (Fsp3) is 0.261. The zero-order valence-corrected chi connectivity index (χ0v) is 17.2. The van der Waals surface area contributed by atoms with Crippen LogP contribution >= 0.6 is 0 Å². The molecule has 1 aromatic heterocycles. The third kappa shape index (κ3) is 3.66. The summed E-state index contributed by atoms with van der Waals surface area (Å²) in [6.45, 7) is 3.82. The minimum absolute atomic E-state index is 0.0234. The summed E-state index contributed by atoms with van der Waals surface area (Å²) >= 11 is 0. The number of carbonyl (C=O) groups is 2. The van der Waals surface area contributed by atoms with E-state index in [0.29, 0.717) is 28.6 Å². The van der Waals surface area contributed by atoms with E-state index in [-0.39, 0.29) is 23.1 Å². The molecule has 2 N–H and O–H groups in total. The highest BCUT2D eigenvalue weighted by Crippen LogP contribution is 2.38. The molecule has 1 heterocycles. The van der Waals surface area contributed by atoms with Gasteiger partial charge in [-0.25, -0.2) is 4.68 Å². The van der Waals surface area contributed by atoms with Gasteiger partial charge < -0.3 is 10.6 Å². The van der Waals surface area contributed by atoms with Crippen LogP contribution in [0, 0.1) is 18.8 Å². The van der Waals surface area contributed by atoms with Gasteiger partial charge in [-0.15, -0.1) is 0 Å². The summed E-state index contributed by atoms with van der Waals surface area (Å²) in [4.78, 5) is 38.0. The molecule has 1 aliphatic rings. The van der Waals surface area contributed by atoms with Gasteiger partial charge in [-0.2, -0.15) is 0 Å². The number of hydrogen-bond donors (Lipinski definition) is 2. The highest BCUT2D eigenvalue weighted by atomic mass is 16.2. The van der Waals surface area contributed by atoms with Gasteiger partial charge in [-0.3, -0.25) is 19.1 Å². The molecule has 3 aromatic rings. The van der Waals surface area contributed by atoms with Gasteiger partial charge in [0.1, 0.15) is 5.69 Å². The quantitative estimate of drug-likeness (QED) is 0.684. The molecule has 1 aliphatic carbocycles. The number of nitrogens with zero attached hydrogens (tertiary/aromatic N) is 2. The van der Waals surface area contributed by atoms with Gasteiger partial charge in [0.05, 0.1) is 11.4 Å². The molecule has 2 atom stereocenters. The topological polar surface area (TPSA) is 85.1 Å². The van der Waals surface area contributed by atoms with Crippen molar-refractivity contribution in [2.24, 2.45) is 18.9 Å². The normalized spacial score (nSPS) is 17.4. The molecule has 4 rings (SSSR count). The van der Waals surface area contributed by atoms with Crippen LogP contribution in [0.5, 0.6) is 0 Å². The van der Waals surface area contributed by atoms with Gasteiger partial charge in [0, 0.05) is 24.2 Å². The molecule has 2 amide bonds. The van der Waals surface area contributed by atoms with Crippen LogP contribution in [0.25, 0.3) is 5.69 Å². The van der Waals surface area contributed by atoms with E-state index < -0.39 is 5.91 Å². The molecule has 1 saturated carbocycles. The maximum absolute atomic E-state index is 13.0. The van der Waals surface area contributed by atoms with Crippen LogP contribution in [0.2, 0.25) is 0 Å². The standard InChI is InChI=1S/C23H24N4O3/c1-14-12-19(14)22(29)24-17-9-7-8-16(13-17)21(28)25-20-15(2)26(3)27(23(20)30)18-10-5-4-6-11-18/h4-11,13-14,19H,12H2,1-3H3,(H,24,29)(H,25,28). The van der Waals surface area contributed by atoms with Crippen LogP contribution in [0.1, 0.15) is 29.4 Å². The molecule has 7 nitrogen and oxygen atoms in total. The maximum Gasteiger partial charge on any atom is 0.295 e. The van der Waals surface area contributed by atoms with E-state index in [0.717, 1.165) is 6.42 Å². The number of amides is 2. The summed E-state index contributed by atoms with van der Waals surface area (Å²) in [5, 5.41) is 5.60. The van der Waals surface area contributed by atoms with Crippen molar-refractivity contribution in [3.8, 4) is 5.69 Å². The van der Waals surface area contributed by atoms with Crippen molar-refractivity contribution < 1.29 is 9.59 Å². The van der Waals surface area contributed by atoms with Crippen molar-refractivity contribution in [1.82, 2.24) is 9.36 Å². The fourth-order valence-corrected chi connectivity index (χ4v) is 3.56. The number of benzene rings is 2. The molecule has 0 aliphatic heterocycles. The molecule has 2 unspecified atom stereocenters. The molecule has 1 fully saturated rings. The van der Waals surface area contributed by atoms with Gasteiger partial charge in [-0.1, -0.05) is 31.2 Å². The van der Waals surface area contributed by atoms with Crippen molar-refractivity contribution in [3.05, 3.63) is 76.2 Å². The second kappa shape index (κ2) is 7.67. The Hall–Kier alpha value is -3.61. The number of aromatic nitrogens is 2. The summed E-state index contributed by atoms with van der Waals surface area (Å²) in [6, 6.07) is 16.0. The molecule has 0 saturated heterocycles. The minimum Gasteiger partial charge on any atom is -0.326 e. The average molecular weight is 404 g/mol. The Morgan fingerprint density at radius 2 is 1.73 bits per heavy atom. The Morgan fingerprint density at radius 3 is 2.40 bits per heavy atom. The first-order valence-electron chi connectivity index (χ1n) is 9.93. The van der Waals surface area contributed by atoms with Gasteiger partial charge in [0.15, 0.2) is 0 Å². The lowest BCUT2D eigenvalue weighted by atomic mass is 10.1. The van der Waals surface area contributed by atoms with Crippen molar-refractivity contribution in [2.75, 3.05) is 10.6 Å². The Bertz CT molecular complexity index is 1180. The molecule has 7 heteroatoms. The van der Waals surface area contributed by atoms with Crippen molar-refractivity contribution in [3.63, 3.8) is 0 Å². The molecule has 0 bridgehead atoms. The van der Waals surface area contributed by atoms with Crippen molar-refractivity contribution in [2.45, 2.75) is 20.3 Å². The predicted octanol–water partition coefficient (Wildman–Crippen LogP) is 3.33. The second-order valence-corrected chi connectivity index (χ2v) is 7.78. The first-order valence-corrected chi connectivity index (χ1v) is 9.93. The maximum atomic E-state index is 13.0. The Labute approximate surface area is 174 Å². The zero-order valence-electron chi connectivity index (χ0n) is 17.2. The minimum atomic E-state index is -0.406. The van der Waals surface area contributed by atoms with Crippen LogP contribution in [0.4, 0.5) is 11.4 Å². The number of rotatable bonds is 5. The Balaban J connectivity index is 1.57. The zero-order chi connectivity index (χ0) is 21.4. The van der Waals surface area contributed by atoms with E-state index in [4.69, 9.17) is 0 Å². The summed E-state index contributed by atoms with van der Waals surface area (Å²) < 4.78 is 3.22. The van der Waals surface area contributed by atoms with E-state index in [9.17, 15) is 14.4 Å². The lowest BCUT2D eigenvalue weighted by molar-refractivity contribution is -0.117. The van der Waals surface area contributed by atoms with Crippen molar-refractivity contribution >= 4 is 23.2 Å². The summed E-state index contributed by atoms with van der Waals surface area (Å²) in [7, 11) is 1.77. The molecule has 30 heavy (non-hydrogen) atoms. The highest BCUT2D eigenvalue weighted by molar-refractivity contribution is 6.05.